The highest BCUT2D eigenvalue weighted by Crippen LogP contribution is 2.27. The van der Waals surface area contributed by atoms with Crippen molar-refractivity contribution in [1.29, 1.82) is 0 Å². The molecule has 0 fully saturated rings. The molecule has 0 aromatic heterocycles. The molecule has 0 aliphatic heterocycles. The quantitative estimate of drug-likeness (QED) is 0.797. The first-order chi connectivity index (χ1) is 6.45. The van der Waals surface area contributed by atoms with Gasteiger partial charge in [-0.3, -0.25) is 0 Å². The minimum Gasteiger partial charge on any atom is -0.479 e. The summed E-state index contributed by atoms with van der Waals surface area (Å²) in [6.07, 6.45) is -1.88. The molecule has 1 unspecified atom stereocenters. The van der Waals surface area contributed by atoms with Crippen molar-refractivity contribution >= 4 is 17.6 Å². The molecule has 0 spiro atoms. The molecule has 14 heavy (non-hydrogen) atoms. The van der Waals surface area contributed by atoms with Crippen molar-refractivity contribution in [3.05, 3.63) is 34.1 Å². The summed E-state index contributed by atoms with van der Waals surface area (Å²) < 4.78 is 13.2. The maximum Gasteiger partial charge on any atom is 0.337 e. The van der Waals surface area contributed by atoms with Gasteiger partial charge in [0.1, 0.15) is 5.82 Å². The maximum absolute atomic E-state index is 13.2. The minimum absolute atomic E-state index is 0.224. The molecule has 1 rings (SSSR count). The van der Waals surface area contributed by atoms with E-state index < -0.39 is 17.9 Å². The van der Waals surface area contributed by atoms with E-state index in [0.29, 0.717) is 0 Å². The largest absolute Gasteiger partial charge is 0.479 e. The maximum atomic E-state index is 13.2. The van der Waals surface area contributed by atoms with Crippen molar-refractivity contribution in [1.82, 2.24) is 0 Å². The molecular formula is C9H8ClFO3. The van der Waals surface area contributed by atoms with Crippen LogP contribution in [0.15, 0.2) is 12.1 Å². The number of carbonyl (C=O) groups is 1. The lowest BCUT2D eigenvalue weighted by Crippen LogP contribution is -2.13. The summed E-state index contributed by atoms with van der Waals surface area (Å²) in [4.78, 5) is 10.5. The van der Waals surface area contributed by atoms with E-state index in [0.717, 1.165) is 6.07 Å². The summed E-state index contributed by atoms with van der Waals surface area (Å²) in [6, 6.07) is 2.33. The number of benzene rings is 1. The van der Waals surface area contributed by atoms with E-state index in [4.69, 9.17) is 16.7 Å². The Balaban J connectivity index is 3.32. The molecule has 0 aliphatic rings. The van der Waals surface area contributed by atoms with E-state index in [1.165, 1.54) is 13.0 Å². The molecule has 5 heteroatoms. The topological polar surface area (TPSA) is 57.5 Å². The standard InChI is InChI=1S/C9H8ClFO3/c1-4-5(10)2-3-6(11)7(4)8(12)9(13)14/h2-3,8,12H,1H3,(H,13,14). The Morgan fingerprint density at radius 2 is 2.14 bits per heavy atom. The van der Waals surface area contributed by atoms with Crippen LogP contribution in [-0.2, 0) is 4.79 Å². The highest BCUT2D eigenvalue weighted by atomic mass is 35.5. The van der Waals surface area contributed by atoms with Crippen LogP contribution in [0.3, 0.4) is 0 Å². The number of aliphatic hydroxyl groups is 1. The van der Waals surface area contributed by atoms with Crippen LogP contribution in [0.4, 0.5) is 4.39 Å². The van der Waals surface area contributed by atoms with Gasteiger partial charge in [0.05, 0.1) is 0 Å². The molecule has 0 heterocycles. The van der Waals surface area contributed by atoms with Crippen LogP contribution in [0.1, 0.15) is 17.2 Å². The number of hydrogen-bond acceptors (Lipinski definition) is 2. The Morgan fingerprint density at radius 1 is 1.57 bits per heavy atom. The van der Waals surface area contributed by atoms with Gasteiger partial charge in [0.15, 0.2) is 6.10 Å². The third-order valence-electron chi connectivity index (χ3n) is 1.90. The first kappa shape index (κ1) is 10.9. The fraction of sp³-hybridized carbons (Fsp3) is 0.222. The monoisotopic (exact) mass is 218 g/mol. The Kier molecular flexibility index (Phi) is 3.08. The summed E-state index contributed by atoms with van der Waals surface area (Å²) in [5, 5.41) is 17.9. The molecule has 0 amide bonds. The van der Waals surface area contributed by atoms with Crippen LogP contribution in [0.25, 0.3) is 0 Å². The second-order valence-corrected chi connectivity index (χ2v) is 3.22. The van der Waals surface area contributed by atoms with Gasteiger partial charge in [-0.2, -0.15) is 0 Å². The average molecular weight is 219 g/mol. The van der Waals surface area contributed by atoms with Crippen LogP contribution in [0.2, 0.25) is 5.02 Å². The summed E-state index contributed by atoms with van der Waals surface area (Å²) in [5.74, 6) is -2.28. The zero-order valence-electron chi connectivity index (χ0n) is 7.29. The molecule has 0 saturated carbocycles. The Morgan fingerprint density at radius 3 is 2.64 bits per heavy atom. The zero-order chi connectivity index (χ0) is 10.9. The van der Waals surface area contributed by atoms with Gasteiger partial charge in [-0.25, -0.2) is 9.18 Å². The number of carboxylic acid groups (broad SMARTS) is 1. The summed E-state index contributed by atoms with van der Waals surface area (Å²) in [7, 11) is 0. The van der Waals surface area contributed by atoms with Gasteiger partial charge in [0.25, 0.3) is 0 Å². The van der Waals surface area contributed by atoms with Crippen molar-refractivity contribution in [2.75, 3.05) is 0 Å². The number of hydrogen-bond donors (Lipinski definition) is 2. The zero-order valence-corrected chi connectivity index (χ0v) is 8.05. The molecule has 1 aromatic carbocycles. The lowest BCUT2D eigenvalue weighted by Gasteiger charge is -2.11. The summed E-state index contributed by atoms with van der Waals surface area (Å²) >= 11 is 5.66. The SMILES string of the molecule is Cc1c(Cl)ccc(F)c1C(O)C(=O)O. The smallest absolute Gasteiger partial charge is 0.337 e. The summed E-state index contributed by atoms with van der Waals surface area (Å²) in [5.41, 5.74) is -0.0495. The Hall–Kier alpha value is -1.13. The normalized spacial score (nSPS) is 12.6. The van der Waals surface area contributed by atoms with E-state index in [2.05, 4.69) is 0 Å². The van der Waals surface area contributed by atoms with E-state index in [9.17, 15) is 14.3 Å². The third kappa shape index (κ3) is 1.86. The van der Waals surface area contributed by atoms with E-state index in [-0.39, 0.29) is 16.1 Å². The van der Waals surface area contributed by atoms with Crippen molar-refractivity contribution < 1.29 is 19.4 Å². The van der Waals surface area contributed by atoms with Gasteiger partial charge in [-0.05, 0) is 24.6 Å². The number of halogens is 2. The van der Waals surface area contributed by atoms with Crippen LogP contribution < -0.4 is 0 Å². The van der Waals surface area contributed by atoms with Crippen molar-refractivity contribution in [3.8, 4) is 0 Å². The van der Waals surface area contributed by atoms with Gasteiger partial charge in [-0.1, -0.05) is 11.6 Å². The van der Waals surface area contributed by atoms with Crippen LogP contribution in [0, 0.1) is 12.7 Å². The molecule has 76 valence electrons. The van der Waals surface area contributed by atoms with Crippen molar-refractivity contribution in [2.45, 2.75) is 13.0 Å². The number of aliphatic carboxylic acids is 1. The molecule has 0 bridgehead atoms. The summed E-state index contributed by atoms with van der Waals surface area (Å²) in [6.45, 7) is 1.45. The first-order valence-corrected chi connectivity index (χ1v) is 4.18. The van der Waals surface area contributed by atoms with Gasteiger partial charge in [0.2, 0.25) is 0 Å². The molecule has 0 saturated heterocycles. The van der Waals surface area contributed by atoms with E-state index >= 15 is 0 Å². The van der Waals surface area contributed by atoms with Gasteiger partial charge in [-0.15, -0.1) is 0 Å². The van der Waals surface area contributed by atoms with Gasteiger partial charge < -0.3 is 10.2 Å². The molecule has 2 N–H and O–H groups in total. The predicted molar refractivity (Wildman–Crippen MR) is 48.7 cm³/mol. The fourth-order valence-corrected chi connectivity index (χ4v) is 1.29. The van der Waals surface area contributed by atoms with Crippen LogP contribution in [-0.4, -0.2) is 16.2 Å². The van der Waals surface area contributed by atoms with Crippen molar-refractivity contribution in [3.63, 3.8) is 0 Å². The van der Waals surface area contributed by atoms with Crippen molar-refractivity contribution in [2.24, 2.45) is 0 Å². The molecule has 3 nitrogen and oxygen atoms in total. The molecule has 0 aliphatic carbocycles. The Bertz CT molecular complexity index is 379. The van der Waals surface area contributed by atoms with E-state index in [1.807, 2.05) is 0 Å². The van der Waals surface area contributed by atoms with Crippen LogP contribution in [0.5, 0.6) is 0 Å². The number of carboxylic acids is 1. The van der Waals surface area contributed by atoms with Gasteiger partial charge >= 0.3 is 5.97 Å². The first-order valence-electron chi connectivity index (χ1n) is 3.80. The van der Waals surface area contributed by atoms with Gasteiger partial charge in [0, 0.05) is 10.6 Å². The third-order valence-corrected chi connectivity index (χ3v) is 2.31. The Labute approximate surface area is 84.7 Å². The minimum atomic E-state index is -1.88. The lowest BCUT2D eigenvalue weighted by atomic mass is 10.0. The highest BCUT2D eigenvalue weighted by Gasteiger charge is 2.23. The molecule has 0 radical (unpaired) electrons. The predicted octanol–water partition coefficient (Wildman–Crippen LogP) is 1.91. The van der Waals surface area contributed by atoms with E-state index in [1.54, 1.807) is 0 Å². The second kappa shape index (κ2) is 3.94. The molecule has 1 atom stereocenters. The number of rotatable bonds is 2. The molecule has 1 aromatic rings. The number of aliphatic hydroxyl groups excluding tert-OH is 1. The second-order valence-electron chi connectivity index (χ2n) is 2.81. The van der Waals surface area contributed by atoms with Crippen LogP contribution >= 0.6 is 11.6 Å². The fourth-order valence-electron chi connectivity index (χ4n) is 1.13. The highest BCUT2D eigenvalue weighted by molar-refractivity contribution is 6.31. The molecular weight excluding hydrogens is 211 g/mol. The lowest BCUT2D eigenvalue weighted by molar-refractivity contribution is -0.147. The average Bonchev–Trinajstić information content (AvgIpc) is 2.12.